The Kier molecular flexibility index (Phi) is 4.60. The molecule has 6 heteroatoms. The molecule has 0 bridgehead atoms. The van der Waals surface area contributed by atoms with E-state index in [1.165, 1.54) is 12.1 Å². The van der Waals surface area contributed by atoms with Crippen LogP contribution in [0.15, 0.2) is 66.7 Å². The Morgan fingerprint density at radius 1 is 0.963 bits per heavy atom. The minimum absolute atomic E-state index is 0.0498. The van der Waals surface area contributed by atoms with Crippen LogP contribution in [0.2, 0.25) is 5.02 Å². The van der Waals surface area contributed by atoms with Gasteiger partial charge in [0, 0.05) is 16.6 Å². The average molecular weight is 380 g/mol. The Bertz CT molecular complexity index is 1120. The minimum Gasteiger partial charge on any atom is -0.497 e. The Morgan fingerprint density at radius 2 is 1.74 bits per heavy atom. The Labute approximate surface area is 160 Å². The minimum atomic E-state index is -0.464. The van der Waals surface area contributed by atoms with Crippen molar-refractivity contribution in [3.05, 3.63) is 77.6 Å². The highest BCUT2D eigenvalue weighted by atomic mass is 35.5. The van der Waals surface area contributed by atoms with Crippen LogP contribution in [0.5, 0.6) is 5.75 Å². The fraction of sp³-hybridized carbons (Fsp3) is 0.0476. The summed E-state index contributed by atoms with van der Waals surface area (Å²) in [5.41, 5.74) is 2.31. The van der Waals surface area contributed by atoms with E-state index in [1.54, 1.807) is 13.2 Å². The normalized spacial score (nSPS) is 10.8. The van der Waals surface area contributed by atoms with Crippen molar-refractivity contribution in [2.45, 2.75) is 0 Å². The molecule has 134 valence electrons. The summed E-state index contributed by atoms with van der Waals surface area (Å²) < 4.78 is 18.6. The molecule has 0 aliphatic rings. The number of aromatic nitrogens is 2. The van der Waals surface area contributed by atoms with Gasteiger partial charge < -0.3 is 10.1 Å². The van der Waals surface area contributed by atoms with Crippen LogP contribution in [-0.4, -0.2) is 17.1 Å². The lowest BCUT2D eigenvalue weighted by Gasteiger charge is -2.12. The van der Waals surface area contributed by atoms with Gasteiger partial charge in [-0.15, -0.1) is 0 Å². The second-order valence-corrected chi connectivity index (χ2v) is 6.30. The van der Waals surface area contributed by atoms with Gasteiger partial charge in [-0.05, 0) is 54.6 Å². The first-order valence-corrected chi connectivity index (χ1v) is 8.65. The van der Waals surface area contributed by atoms with E-state index in [9.17, 15) is 4.39 Å². The van der Waals surface area contributed by atoms with Crippen LogP contribution in [0.1, 0.15) is 0 Å². The third-order valence-corrected chi connectivity index (χ3v) is 4.42. The number of ether oxygens (including phenoxy) is 1. The number of fused-ring (bicyclic) bond motifs is 1. The molecule has 27 heavy (non-hydrogen) atoms. The van der Waals surface area contributed by atoms with E-state index in [4.69, 9.17) is 16.3 Å². The van der Waals surface area contributed by atoms with E-state index in [0.29, 0.717) is 17.3 Å². The molecule has 1 heterocycles. The summed E-state index contributed by atoms with van der Waals surface area (Å²) in [5.74, 6) is 1.49. The fourth-order valence-electron chi connectivity index (χ4n) is 2.75. The van der Waals surface area contributed by atoms with Gasteiger partial charge in [0.25, 0.3) is 0 Å². The van der Waals surface area contributed by atoms with Crippen molar-refractivity contribution in [1.29, 1.82) is 0 Å². The predicted molar refractivity (Wildman–Crippen MR) is 106 cm³/mol. The lowest BCUT2D eigenvalue weighted by atomic mass is 10.1. The monoisotopic (exact) mass is 379 g/mol. The molecule has 3 aromatic carbocycles. The molecule has 0 atom stereocenters. The van der Waals surface area contributed by atoms with Crippen molar-refractivity contribution in [3.8, 4) is 17.1 Å². The number of hydrogen-bond donors (Lipinski definition) is 1. The molecule has 0 aliphatic heterocycles. The first-order chi connectivity index (χ1) is 13.1. The highest BCUT2D eigenvalue weighted by molar-refractivity contribution is 6.31. The van der Waals surface area contributed by atoms with E-state index in [2.05, 4.69) is 15.3 Å². The number of nitrogens with zero attached hydrogens (tertiary/aromatic N) is 2. The van der Waals surface area contributed by atoms with Crippen LogP contribution < -0.4 is 10.1 Å². The second kappa shape index (κ2) is 7.21. The van der Waals surface area contributed by atoms with Crippen LogP contribution >= 0.6 is 11.6 Å². The maximum absolute atomic E-state index is 13.4. The summed E-state index contributed by atoms with van der Waals surface area (Å²) in [4.78, 5) is 9.33. The first-order valence-electron chi connectivity index (χ1n) is 8.27. The van der Waals surface area contributed by atoms with Gasteiger partial charge in [-0.25, -0.2) is 14.4 Å². The molecule has 4 nitrogen and oxygen atoms in total. The summed E-state index contributed by atoms with van der Waals surface area (Å²) in [6.07, 6.45) is 0. The van der Waals surface area contributed by atoms with Crippen LogP contribution in [0.4, 0.5) is 15.9 Å². The smallest absolute Gasteiger partial charge is 0.162 e. The van der Waals surface area contributed by atoms with Crippen molar-refractivity contribution < 1.29 is 9.13 Å². The van der Waals surface area contributed by atoms with Crippen molar-refractivity contribution in [1.82, 2.24) is 9.97 Å². The highest BCUT2D eigenvalue weighted by Gasteiger charge is 2.11. The summed E-state index contributed by atoms with van der Waals surface area (Å²) in [7, 11) is 1.62. The molecule has 0 fully saturated rings. The molecule has 0 aliphatic carbocycles. The number of anilines is 2. The molecular weight excluding hydrogens is 365 g/mol. The number of hydrogen-bond acceptors (Lipinski definition) is 4. The third kappa shape index (κ3) is 3.55. The van der Waals surface area contributed by atoms with Crippen molar-refractivity contribution in [2.75, 3.05) is 12.4 Å². The standard InChI is InChI=1S/C21H15ClFN3O/c1-27-15-9-6-13(7-10-15)20-25-19-5-3-2-4-16(19)21(26-20)24-14-8-11-18(23)17(22)12-14/h2-12H,1H3,(H,24,25,26). The van der Waals surface area contributed by atoms with E-state index in [0.717, 1.165) is 22.2 Å². The predicted octanol–water partition coefficient (Wildman–Crippen LogP) is 5.84. The average Bonchev–Trinajstić information content (AvgIpc) is 2.71. The summed E-state index contributed by atoms with van der Waals surface area (Å²) in [6, 6.07) is 19.7. The van der Waals surface area contributed by atoms with Crippen molar-refractivity contribution in [2.24, 2.45) is 0 Å². The molecule has 4 rings (SSSR count). The number of benzene rings is 3. The number of rotatable bonds is 4. The van der Waals surface area contributed by atoms with Gasteiger partial charge in [0.15, 0.2) is 5.82 Å². The van der Waals surface area contributed by atoms with Crippen LogP contribution in [-0.2, 0) is 0 Å². The van der Waals surface area contributed by atoms with Crippen molar-refractivity contribution in [3.63, 3.8) is 0 Å². The van der Waals surface area contributed by atoms with Gasteiger partial charge >= 0.3 is 0 Å². The first kappa shape index (κ1) is 17.2. The number of methoxy groups -OCH3 is 1. The van der Waals surface area contributed by atoms with E-state index >= 15 is 0 Å². The van der Waals surface area contributed by atoms with E-state index in [-0.39, 0.29) is 5.02 Å². The second-order valence-electron chi connectivity index (χ2n) is 5.90. The highest BCUT2D eigenvalue weighted by Crippen LogP contribution is 2.29. The number of halogens is 2. The topological polar surface area (TPSA) is 47.0 Å². The van der Waals surface area contributed by atoms with Gasteiger partial charge in [-0.2, -0.15) is 0 Å². The van der Waals surface area contributed by atoms with Gasteiger partial charge in [0.05, 0.1) is 17.6 Å². The molecule has 0 unspecified atom stereocenters. The SMILES string of the molecule is COc1ccc(-c2nc(Nc3ccc(F)c(Cl)c3)c3ccccc3n2)cc1. The molecule has 0 saturated carbocycles. The van der Waals surface area contributed by atoms with Gasteiger partial charge in [-0.1, -0.05) is 23.7 Å². The number of nitrogens with one attached hydrogen (secondary N) is 1. The molecule has 0 saturated heterocycles. The summed E-state index contributed by atoms with van der Waals surface area (Å²) in [5, 5.41) is 4.13. The molecule has 1 N–H and O–H groups in total. The zero-order valence-corrected chi connectivity index (χ0v) is 15.2. The molecule has 0 radical (unpaired) electrons. The Balaban J connectivity index is 1.81. The quantitative estimate of drug-likeness (QED) is 0.483. The largest absolute Gasteiger partial charge is 0.497 e. The molecule has 0 spiro atoms. The molecule has 1 aromatic heterocycles. The third-order valence-electron chi connectivity index (χ3n) is 4.13. The van der Waals surface area contributed by atoms with Crippen LogP contribution in [0, 0.1) is 5.82 Å². The lowest BCUT2D eigenvalue weighted by Crippen LogP contribution is -1.99. The van der Waals surface area contributed by atoms with Crippen molar-refractivity contribution >= 4 is 34.0 Å². The fourth-order valence-corrected chi connectivity index (χ4v) is 2.93. The Morgan fingerprint density at radius 3 is 2.48 bits per heavy atom. The summed E-state index contributed by atoms with van der Waals surface area (Å²) in [6.45, 7) is 0. The van der Waals surface area contributed by atoms with Gasteiger partial charge in [0.1, 0.15) is 17.4 Å². The van der Waals surface area contributed by atoms with E-state index in [1.807, 2.05) is 48.5 Å². The molecule has 0 amide bonds. The Hall–Kier alpha value is -3.18. The number of para-hydroxylation sites is 1. The van der Waals surface area contributed by atoms with Crippen LogP contribution in [0.25, 0.3) is 22.3 Å². The molecular formula is C21H15ClFN3O. The van der Waals surface area contributed by atoms with E-state index < -0.39 is 5.82 Å². The van der Waals surface area contributed by atoms with Crippen LogP contribution in [0.3, 0.4) is 0 Å². The summed E-state index contributed by atoms with van der Waals surface area (Å²) >= 11 is 5.89. The van der Waals surface area contributed by atoms with Gasteiger partial charge in [0.2, 0.25) is 0 Å². The molecule has 4 aromatic rings. The maximum Gasteiger partial charge on any atom is 0.162 e. The zero-order valence-electron chi connectivity index (χ0n) is 14.4. The maximum atomic E-state index is 13.4. The zero-order chi connectivity index (χ0) is 18.8. The lowest BCUT2D eigenvalue weighted by molar-refractivity contribution is 0.415. The van der Waals surface area contributed by atoms with Gasteiger partial charge in [-0.3, -0.25) is 0 Å².